The first-order valence-corrected chi connectivity index (χ1v) is 8.80. The highest BCUT2D eigenvalue weighted by Crippen LogP contribution is 2.31. The van der Waals surface area contributed by atoms with Crippen molar-refractivity contribution < 1.29 is 14.3 Å². The number of amidine groups is 1. The lowest BCUT2D eigenvalue weighted by molar-refractivity contribution is -0.143. The fourth-order valence-corrected chi connectivity index (χ4v) is 3.45. The van der Waals surface area contributed by atoms with Gasteiger partial charge in [0.2, 0.25) is 0 Å². The van der Waals surface area contributed by atoms with Crippen molar-refractivity contribution >= 4 is 28.3 Å². The van der Waals surface area contributed by atoms with Crippen LogP contribution in [0.1, 0.15) is 12.0 Å². The molecule has 2 aromatic rings. The van der Waals surface area contributed by atoms with Gasteiger partial charge in [-0.05, 0) is 17.2 Å². The Morgan fingerprint density at radius 2 is 2.20 bits per heavy atom. The minimum atomic E-state index is -0.495. The lowest BCUT2D eigenvalue weighted by Crippen LogP contribution is -2.36. The molecule has 1 aromatic carbocycles. The number of thiazole rings is 1. The van der Waals surface area contributed by atoms with Crippen molar-refractivity contribution in [3.8, 4) is 10.4 Å². The van der Waals surface area contributed by atoms with Crippen LogP contribution in [0.4, 0.5) is 5.13 Å². The maximum Gasteiger partial charge on any atom is 0.313 e. The van der Waals surface area contributed by atoms with Crippen LogP contribution in [-0.4, -0.2) is 43.1 Å². The number of ether oxygens (including phenoxy) is 2. The van der Waals surface area contributed by atoms with Crippen LogP contribution < -0.4 is 10.6 Å². The molecule has 1 aliphatic rings. The minimum absolute atomic E-state index is 0.162. The summed E-state index contributed by atoms with van der Waals surface area (Å²) in [6, 6.07) is 7.82. The lowest BCUT2D eigenvalue weighted by Gasteiger charge is -2.25. The molecule has 0 radical (unpaired) electrons. The number of nitrogens with one attached hydrogen (secondary N) is 1. The van der Waals surface area contributed by atoms with Gasteiger partial charge in [0, 0.05) is 19.3 Å². The Kier molecular flexibility index (Phi) is 5.62. The first-order valence-electron chi connectivity index (χ1n) is 7.98. The quantitative estimate of drug-likeness (QED) is 0.464. The van der Waals surface area contributed by atoms with Gasteiger partial charge in [0.15, 0.2) is 5.13 Å². The summed E-state index contributed by atoms with van der Waals surface area (Å²) in [5, 5.41) is 8.10. The smallest absolute Gasteiger partial charge is 0.313 e. The van der Waals surface area contributed by atoms with E-state index in [0.717, 1.165) is 47.4 Å². The Bertz CT molecular complexity index is 756. The van der Waals surface area contributed by atoms with Crippen molar-refractivity contribution in [1.29, 1.82) is 5.41 Å². The maximum atomic E-state index is 11.5. The number of rotatable bonds is 6. The summed E-state index contributed by atoms with van der Waals surface area (Å²) in [5.74, 6) is -0.690. The molecule has 1 aliphatic heterocycles. The van der Waals surface area contributed by atoms with Crippen LogP contribution in [0.25, 0.3) is 10.4 Å². The molecular weight excluding hydrogens is 340 g/mol. The van der Waals surface area contributed by atoms with Gasteiger partial charge in [-0.25, -0.2) is 4.98 Å². The van der Waals surface area contributed by atoms with Crippen LogP contribution in [0.3, 0.4) is 0 Å². The van der Waals surface area contributed by atoms with Gasteiger partial charge in [0.1, 0.15) is 18.9 Å². The Morgan fingerprint density at radius 3 is 2.96 bits per heavy atom. The average molecular weight is 360 g/mol. The largest absolute Gasteiger partial charge is 0.460 e. The monoisotopic (exact) mass is 360 g/mol. The van der Waals surface area contributed by atoms with Gasteiger partial charge in [0.05, 0.1) is 18.1 Å². The van der Waals surface area contributed by atoms with E-state index >= 15 is 0 Å². The molecule has 0 spiro atoms. The van der Waals surface area contributed by atoms with E-state index in [1.807, 2.05) is 30.5 Å². The molecule has 7 nitrogen and oxygen atoms in total. The zero-order valence-corrected chi connectivity index (χ0v) is 14.6. The van der Waals surface area contributed by atoms with E-state index in [0.29, 0.717) is 0 Å². The summed E-state index contributed by atoms with van der Waals surface area (Å²) in [4.78, 5) is 19.3. The highest BCUT2D eigenvalue weighted by Gasteiger charge is 2.15. The number of nitrogens with zero attached hydrogens (tertiary/aromatic N) is 2. The first kappa shape index (κ1) is 17.4. The third-order valence-electron chi connectivity index (χ3n) is 3.72. The number of carbonyl (C=O) groups excluding carboxylic acids is 1. The van der Waals surface area contributed by atoms with Crippen molar-refractivity contribution in [3.05, 3.63) is 36.0 Å². The van der Waals surface area contributed by atoms with Crippen molar-refractivity contribution in [3.63, 3.8) is 0 Å². The summed E-state index contributed by atoms with van der Waals surface area (Å²) >= 11 is 1.64. The second kappa shape index (κ2) is 8.09. The molecule has 0 aliphatic carbocycles. The van der Waals surface area contributed by atoms with Crippen LogP contribution in [0, 0.1) is 5.41 Å². The molecule has 8 heteroatoms. The number of nitrogens with two attached hydrogens (primary N) is 1. The van der Waals surface area contributed by atoms with E-state index in [-0.39, 0.29) is 18.9 Å². The molecule has 1 fully saturated rings. The van der Waals surface area contributed by atoms with E-state index in [2.05, 4.69) is 9.88 Å². The number of hydrogen-bond donors (Lipinski definition) is 2. The highest BCUT2D eigenvalue weighted by atomic mass is 32.1. The third kappa shape index (κ3) is 4.77. The molecule has 1 aromatic heterocycles. The molecule has 0 bridgehead atoms. The van der Waals surface area contributed by atoms with E-state index < -0.39 is 5.97 Å². The standard InChI is InChI=1S/C17H20N4O3S/c18-15(19)9-16(22)24-11-12-2-1-3-13(8-12)14-10-20-17(25-14)21-4-6-23-7-5-21/h1-3,8,10H,4-7,9,11H2,(H3,18,19). The van der Waals surface area contributed by atoms with Gasteiger partial charge in [-0.1, -0.05) is 29.5 Å². The van der Waals surface area contributed by atoms with E-state index in [1.54, 1.807) is 11.3 Å². The Morgan fingerprint density at radius 1 is 1.40 bits per heavy atom. The predicted molar refractivity (Wildman–Crippen MR) is 96.9 cm³/mol. The van der Waals surface area contributed by atoms with Crippen LogP contribution >= 0.6 is 11.3 Å². The predicted octanol–water partition coefficient (Wildman–Crippen LogP) is 2.02. The minimum Gasteiger partial charge on any atom is -0.460 e. The molecular formula is C17H20N4O3S. The van der Waals surface area contributed by atoms with Crippen LogP contribution in [-0.2, 0) is 20.9 Å². The van der Waals surface area contributed by atoms with E-state index in [4.69, 9.17) is 20.6 Å². The molecule has 1 saturated heterocycles. The number of morpholine rings is 1. The maximum absolute atomic E-state index is 11.5. The van der Waals surface area contributed by atoms with Crippen LogP contribution in [0.2, 0.25) is 0 Å². The number of esters is 1. The molecule has 0 saturated carbocycles. The highest BCUT2D eigenvalue weighted by molar-refractivity contribution is 7.18. The normalized spacial score (nSPS) is 14.3. The number of anilines is 1. The van der Waals surface area contributed by atoms with Gasteiger partial charge >= 0.3 is 5.97 Å². The SMILES string of the molecule is N=C(N)CC(=O)OCc1cccc(-c2cnc(N3CCOCC3)s2)c1. The van der Waals surface area contributed by atoms with Gasteiger partial charge in [0.25, 0.3) is 0 Å². The molecule has 0 atom stereocenters. The summed E-state index contributed by atoms with van der Waals surface area (Å²) in [7, 11) is 0. The molecule has 0 amide bonds. The number of carbonyl (C=O) groups is 1. The Labute approximate surface area is 149 Å². The van der Waals surface area contributed by atoms with Crippen molar-refractivity contribution in [2.45, 2.75) is 13.0 Å². The molecule has 25 heavy (non-hydrogen) atoms. The molecule has 0 unspecified atom stereocenters. The zero-order chi connectivity index (χ0) is 17.6. The summed E-state index contributed by atoms with van der Waals surface area (Å²) in [6.07, 6.45) is 1.69. The Hall–Kier alpha value is -2.45. The second-order valence-corrected chi connectivity index (χ2v) is 6.68. The number of benzene rings is 1. The van der Waals surface area contributed by atoms with Crippen molar-refractivity contribution in [1.82, 2.24) is 4.98 Å². The fraction of sp³-hybridized carbons (Fsp3) is 0.353. The topological polar surface area (TPSA) is 102 Å². The van der Waals surface area contributed by atoms with Crippen molar-refractivity contribution in [2.75, 3.05) is 31.2 Å². The second-order valence-electron chi connectivity index (χ2n) is 5.67. The molecule has 3 rings (SSSR count). The van der Waals surface area contributed by atoms with Gasteiger partial charge in [-0.2, -0.15) is 0 Å². The summed E-state index contributed by atoms with van der Waals surface area (Å²) in [5.41, 5.74) is 7.12. The molecule has 132 valence electrons. The Balaban J connectivity index is 1.66. The number of hydrogen-bond acceptors (Lipinski definition) is 7. The van der Waals surface area contributed by atoms with Gasteiger partial charge < -0.3 is 20.1 Å². The van der Waals surface area contributed by atoms with Crippen molar-refractivity contribution in [2.24, 2.45) is 5.73 Å². The fourth-order valence-electron chi connectivity index (χ4n) is 2.48. The van der Waals surface area contributed by atoms with Crippen LogP contribution in [0.5, 0.6) is 0 Å². The van der Waals surface area contributed by atoms with Gasteiger partial charge in [-0.3, -0.25) is 10.2 Å². The average Bonchev–Trinajstić information content (AvgIpc) is 3.11. The van der Waals surface area contributed by atoms with Gasteiger partial charge in [-0.15, -0.1) is 0 Å². The lowest BCUT2D eigenvalue weighted by atomic mass is 10.1. The summed E-state index contributed by atoms with van der Waals surface area (Å²) < 4.78 is 10.5. The summed E-state index contributed by atoms with van der Waals surface area (Å²) in [6.45, 7) is 3.35. The first-order chi connectivity index (χ1) is 12.1. The van der Waals surface area contributed by atoms with E-state index in [9.17, 15) is 4.79 Å². The third-order valence-corrected chi connectivity index (χ3v) is 4.83. The number of aromatic nitrogens is 1. The zero-order valence-electron chi connectivity index (χ0n) is 13.7. The molecule has 3 N–H and O–H groups in total. The van der Waals surface area contributed by atoms with E-state index in [1.165, 1.54) is 0 Å². The molecule has 2 heterocycles. The van der Waals surface area contributed by atoms with Crippen LogP contribution in [0.15, 0.2) is 30.5 Å².